The largest absolute Gasteiger partial charge is 0.320 e. The minimum Gasteiger partial charge on any atom is -0.320 e. The molecule has 0 saturated carbocycles. The summed E-state index contributed by atoms with van der Waals surface area (Å²) in [7, 11) is 0. The highest BCUT2D eigenvalue weighted by Crippen LogP contribution is 2.27. The fourth-order valence-corrected chi connectivity index (χ4v) is 2.41. The third-order valence-electron chi connectivity index (χ3n) is 2.55. The third kappa shape index (κ3) is 2.47. The van der Waals surface area contributed by atoms with Crippen LogP contribution >= 0.6 is 22.6 Å². The van der Waals surface area contributed by atoms with E-state index in [1.165, 1.54) is 18.2 Å². The summed E-state index contributed by atoms with van der Waals surface area (Å²) in [5.41, 5.74) is 6.57. The molecule has 0 aliphatic rings. The van der Waals surface area contributed by atoms with Gasteiger partial charge in [0.25, 0.3) is 0 Å². The van der Waals surface area contributed by atoms with E-state index >= 15 is 0 Å². The molecule has 1 atom stereocenters. The Morgan fingerprint density at radius 2 is 1.53 bits per heavy atom. The maximum atomic E-state index is 13.6. The first kappa shape index (κ1) is 12.4. The van der Waals surface area contributed by atoms with Gasteiger partial charge in [0.05, 0.1) is 6.04 Å². The van der Waals surface area contributed by atoms with Gasteiger partial charge in [0.1, 0.15) is 11.6 Å². The van der Waals surface area contributed by atoms with Crippen LogP contribution < -0.4 is 5.73 Å². The predicted molar refractivity (Wildman–Crippen MR) is 71.5 cm³/mol. The van der Waals surface area contributed by atoms with Crippen LogP contribution in [0.2, 0.25) is 0 Å². The number of nitrogens with two attached hydrogens (primary N) is 1. The van der Waals surface area contributed by atoms with E-state index in [0.717, 1.165) is 9.13 Å². The molecule has 1 nitrogen and oxygen atoms in total. The Labute approximate surface area is 112 Å². The summed E-state index contributed by atoms with van der Waals surface area (Å²) < 4.78 is 28.1. The average Bonchev–Trinajstić information content (AvgIpc) is 2.29. The number of rotatable bonds is 2. The molecule has 0 aliphatic carbocycles. The Balaban J connectivity index is 2.51. The molecule has 88 valence electrons. The molecule has 2 aromatic carbocycles. The second kappa shape index (κ2) is 5.10. The fraction of sp³-hybridized carbons (Fsp3) is 0.0769. The molecular formula is C13H10F2IN. The smallest absolute Gasteiger partial charge is 0.131 e. The van der Waals surface area contributed by atoms with Crippen molar-refractivity contribution in [3.8, 4) is 0 Å². The van der Waals surface area contributed by atoms with Gasteiger partial charge in [0, 0.05) is 9.13 Å². The van der Waals surface area contributed by atoms with Gasteiger partial charge in [-0.25, -0.2) is 8.78 Å². The fourth-order valence-electron chi connectivity index (χ4n) is 1.69. The van der Waals surface area contributed by atoms with Crippen molar-refractivity contribution in [3.63, 3.8) is 0 Å². The molecule has 0 fully saturated rings. The highest BCUT2D eigenvalue weighted by atomic mass is 127. The van der Waals surface area contributed by atoms with E-state index < -0.39 is 17.7 Å². The van der Waals surface area contributed by atoms with Crippen LogP contribution in [-0.4, -0.2) is 0 Å². The lowest BCUT2D eigenvalue weighted by atomic mass is 9.99. The first-order valence-corrected chi connectivity index (χ1v) is 6.13. The first-order chi connectivity index (χ1) is 8.11. The summed E-state index contributed by atoms with van der Waals surface area (Å²) >= 11 is 2.10. The Morgan fingerprint density at radius 3 is 2.12 bits per heavy atom. The summed E-state index contributed by atoms with van der Waals surface area (Å²) in [6, 6.07) is 10.3. The van der Waals surface area contributed by atoms with Crippen LogP contribution in [-0.2, 0) is 0 Å². The first-order valence-electron chi connectivity index (χ1n) is 5.05. The van der Waals surface area contributed by atoms with E-state index in [0.29, 0.717) is 0 Å². The highest BCUT2D eigenvalue weighted by molar-refractivity contribution is 14.1. The molecule has 2 aromatic rings. The molecule has 17 heavy (non-hydrogen) atoms. The van der Waals surface area contributed by atoms with Crippen molar-refractivity contribution in [3.05, 3.63) is 68.8 Å². The number of hydrogen-bond donors (Lipinski definition) is 1. The van der Waals surface area contributed by atoms with Crippen molar-refractivity contribution in [2.75, 3.05) is 0 Å². The predicted octanol–water partition coefficient (Wildman–Crippen LogP) is 3.62. The molecule has 2 N–H and O–H groups in total. The van der Waals surface area contributed by atoms with Crippen molar-refractivity contribution in [1.82, 2.24) is 0 Å². The van der Waals surface area contributed by atoms with Gasteiger partial charge in [-0.3, -0.25) is 0 Å². The molecule has 0 aliphatic heterocycles. The molecule has 0 saturated heterocycles. The number of halogens is 3. The minimum absolute atomic E-state index is 0.0865. The summed E-state index contributed by atoms with van der Waals surface area (Å²) in [6.07, 6.45) is 0. The molecule has 0 radical (unpaired) electrons. The van der Waals surface area contributed by atoms with Gasteiger partial charge in [-0.05, 0) is 46.4 Å². The Kier molecular flexibility index (Phi) is 3.73. The molecule has 0 amide bonds. The topological polar surface area (TPSA) is 26.0 Å². The van der Waals surface area contributed by atoms with Crippen LogP contribution in [0.3, 0.4) is 0 Å². The van der Waals surface area contributed by atoms with E-state index in [2.05, 4.69) is 22.6 Å². The van der Waals surface area contributed by atoms with Gasteiger partial charge >= 0.3 is 0 Å². The lowest BCUT2D eigenvalue weighted by Gasteiger charge is -2.15. The average molecular weight is 345 g/mol. The molecule has 0 bridgehead atoms. The van der Waals surface area contributed by atoms with Crippen molar-refractivity contribution in [1.29, 1.82) is 0 Å². The molecule has 0 heterocycles. The van der Waals surface area contributed by atoms with Gasteiger partial charge in [-0.1, -0.05) is 24.3 Å². The van der Waals surface area contributed by atoms with Crippen LogP contribution in [0.5, 0.6) is 0 Å². The Bertz CT molecular complexity index is 522. The molecular weight excluding hydrogens is 335 g/mol. The van der Waals surface area contributed by atoms with Crippen LogP contribution in [0.15, 0.2) is 42.5 Å². The summed E-state index contributed by atoms with van der Waals surface area (Å²) in [5.74, 6) is -1.23. The third-order valence-corrected chi connectivity index (χ3v) is 3.53. The van der Waals surface area contributed by atoms with E-state index in [-0.39, 0.29) is 5.56 Å². The SMILES string of the molecule is NC(c1ccccc1I)c1c(F)cccc1F. The zero-order valence-electron chi connectivity index (χ0n) is 8.83. The van der Waals surface area contributed by atoms with Crippen molar-refractivity contribution >= 4 is 22.6 Å². The van der Waals surface area contributed by atoms with Crippen LogP contribution in [0.25, 0.3) is 0 Å². The quantitative estimate of drug-likeness (QED) is 0.827. The zero-order valence-corrected chi connectivity index (χ0v) is 11.0. The van der Waals surface area contributed by atoms with E-state index in [4.69, 9.17) is 5.73 Å². The van der Waals surface area contributed by atoms with E-state index in [1.54, 1.807) is 12.1 Å². The standard InChI is InChI=1S/C13H10F2IN/c14-9-5-3-6-10(15)12(9)13(17)8-4-1-2-7-11(8)16/h1-7,13H,17H2. The van der Waals surface area contributed by atoms with Gasteiger partial charge in [0.2, 0.25) is 0 Å². The Hall–Kier alpha value is -1.01. The second-order valence-corrected chi connectivity index (χ2v) is 4.80. The van der Waals surface area contributed by atoms with Crippen LogP contribution in [0.1, 0.15) is 17.2 Å². The lowest BCUT2D eigenvalue weighted by molar-refractivity contribution is 0.543. The van der Waals surface area contributed by atoms with Crippen molar-refractivity contribution in [2.24, 2.45) is 5.73 Å². The van der Waals surface area contributed by atoms with Crippen molar-refractivity contribution < 1.29 is 8.78 Å². The van der Waals surface area contributed by atoms with Crippen LogP contribution in [0, 0.1) is 15.2 Å². The zero-order chi connectivity index (χ0) is 12.4. The minimum atomic E-state index is -0.788. The van der Waals surface area contributed by atoms with E-state index in [9.17, 15) is 8.78 Å². The molecule has 0 aromatic heterocycles. The lowest BCUT2D eigenvalue weighted by Crippen LogP contribution is -2.16. The molecule has 1 unspecified atom stereocenters. The highest BCUT2D eigenvalue weighted by Gasteiger charge is 2.19. The second-order valence-electron chi connectivity index (χ2n) is 3.63. The summed E-state index contributed by atoms with van der Waals surface area (Å²) in [6.45, 7) is 0. The van der Waals surface area contributed by atoms with Gasteiger partial charge in [-0.15, -0.1) is 0 Å². The normalized spacial score (nSPS) is 12.5. The number of hydrogen-bond acceptors (Lipinski definition) is 1. The maximum absolute atomic E-state index is 13.6. The van der Waals surface area contributed by atoms with Crippen molar-refractivity contribution in [2.45, 2.75) is 6.04 Å². The molecule has 4 heteroatoms. The Morgan fingerprint density at radius 1 is 0.941 bits per heavy atom. The van der Waals surface area contributed by atoms with E-state index in [1.807, 2.05) is 12.1 Å². The van der Waals surface area contributed by atoms with Gasteiger partial charge in [0.15, 0.2) is 0 Å². The summed E-state index contributed by atoms with van der Waals surface area (Å²) in [5, 5.41) is 0. The van der Waals surface area contributed by atoms with Gasteiger partial charge in [-0.2, -0.15) is 0 Å². The monoisotopic (exact) mass is 345 g/mol. The molecule has 2 rings (SSSR count). The van der Waals surface area contributed by atoms with Gasteiger partial charge < -0.3 is 5.73 Å². The molecule has 0 spiro atoms. The maximum Gasteiger partial charge on any atom is 0.131 e. The summed E-state index contributed by atoms with van der Waals surface area (Å²) in [4.78, 5) is 0. The number of benzene rings is 2. The van der Waals surface area contributed by atoms with Crippen LogP contribution in [0.4, 0.5) is 8.78 Å².